The number of anilines is 1. The molecule has 0 saturated carbocycles. The Labute approximate surface area is 211 Å². The smallest absolute Gasteiger partial charge is 0.387 e. The second-order valence-corrected chi connectivity index (χ2v) is 11.5. The SMILES string of the molecule is O=S1(=O)CCN(c2ncc(-c3ccc4nc5c(n4c3)[C@H](c3ccccc3OC(F)F)C[C@@H]5O)cn2)CC1. The van der Waals surface area contributed by atoms with E-state index >= 15 is 0 Å². The van der Waals surface area contributed by atoms with Crippen LogP contribution >= 0.6 is 0 Å². The Balaban J connectivity index is 1.35. The quantitative estimate of drug-likeness (QED) is 0.422. The van der Waals surface area contributed by atoms with E-state index in [0.717, 1.165) is 16.8 Å². The average molecular weight is 528 g/mol. The van der Waals surface area contributed by atoms with E-state index in [4.69, 9.17) is 4.74 Å². The molecule has 1 aliphatic carbocycles. The van der Waals surface area contributed by atoms with Crippen LogP contribution in [0.15, 0.2) is 55.0 Å². The standard InChI is InChI=1S/C25H23F2N5O4S/c26-24(27)36-20-4-2-1-3-17(20)18-11-19(33)22-23(18)32-14-15(5-6-21(32)30-22)16-12-28-25(29-13-16)31-7-9-37(34,35)10-8-31/h1-6,12-14,18-19,24,33H,7-11H2/t18-,19-/m0/s1. The molecule has 4 heterocycles. The maximum absolute atomic E-state index is 13.0. The molecule has 0 unspecified atom stereocenters. The van der Waals surface area contributed by atoms with Crippen LogP contribution < -0.4 is 9.64 Å². The molecule has 0 amide bonds. The van der Waals surface area contributed by atoms with Crippen molar-refractivity contribution in [3.8, 4) is 16.9 Å². The fraction of sp³-hybridized carbons (Fsp3) is 0.320. The zero-order valence-electron chi connectivity index (χ0n) is 19.5. The van der Waals surface area contributed by atoms with Gasteiger partial charge in [-0.3, -0.25) is 0 Å². The summed E-state index contributed by atoms with van der Waals surface area (Å²) in [6, 6.07) is 10.3. The minimum Gasteiger partial charge on any atom is -0.435 e. The summed E-state index contributed by atoms with van der Waals surface area (Å²) in [5, 5.41) is 10.7. The lowest BCUT2D eigenvalue weighted by Gasteiger charge is -2.26. The minimum absolute atomic E-state index is 0.0724. The van der Waals surface area contributed by atoms with Crippen LogP contribution in [0.25, 0.3) is 16.8 Å². The topological polar surface area (TPSA) is 110 Å². The summed E-state index contributed by atoms with van der Waals surface area (Å²) < 4.78 is 56.1. The van der Waals surface area contributed by atoms with E-state index in [9.17, 15) is 22.3 Å². The highest BCUT2D eigenvalue weighted by atomic mass is 32.2. The Morgan fingerprint density at radius 3 is 2.49 bits per heavy atom. The lowest BCUT2D eigenvalue weighted by atomic mass is 9.95. The molecule has 1 fully saturated rings. The molecule has 2 aliphatic rings. The number of benzene rings is 1. The number of alkyl halides is 2. The van der Waals surface area contributed by atoms with Crippen molar-refractivity contribution in [2.75, 3.05) is 29.5 Å². The minimum atomic E-state index is -3.00. The molecule has 1 saturated heterocycles. The first-order valence-corrected chi connectivity index (χ1v) is 13.6. The van der Waals surface area contributed by atoms with E-state index in [-0.39, 0.29) is 23.2 Å². The third-order valence-electron chi connectivity index (χ3n) is 6.90. The summed E-state index contributed by atoms with van der Waals surface area (Å²) >= 11 is 0. The van der Waals surface area contributed by atoms with Gasteiger partial charge in [-0.25, -0.2) is 23.4 Å². The van der Waals surface area contributed by atoms with Gasteiger partial charge in [0.05, 0.1) is 29.0 Å². The van der Waals surface area contributed by atoms with Crippen LogP contribution in [0.3, 0.4) is 0 Å². The summed E-state index contributed by atoms with van der Waals surface area (Å²) in [6.07, 6.45) is 4.70. The van der Waals surface area contributed by atoms with E-state index in [1.54, 1.807) is 30.6 Å². The molecular weight excluding hydrogens is 504 g/mol. The highest BCUT2D eigenvalue weighted by Crippen LogP contribution is 2.47. The van der Waals surface area contributed by atoms with Gasteiger partial charge in [0, 0.05) is 54.3 Å². The van der Waals surface area contributed by atoms with Gasteiger partial charge in [0.1, 0.15) is 11.4 Å². The van der Waals surface area contributed by atoms with Gasteiger partial charge in [0.25, 0.3) is 0 Å². The van der Waals surface area contributed by atoms with Crippen molar-refractivity contribution in [3.63, 3.8) is 0 Å². The van der Waals surface area contributed by atoms with Gasteiger partial charge in [-0.2, -0.15) is 8.78 Å². The molecule has 0 bridgehead atoms. The van der Waals surface area contributed by atoms with E-state index in [0.29, 0.717) is 42.4 Å². The lowest BCUT2D eigenvalue weighted by Crippen LogP contribution is -2.41. The zero-order valence-corrected chi connectivity index (χ0v) is 20.4. The second kappa shape index (κ2) is 9.03. The van der Waals surface area contributed by atoms with Gasteiger partial charge in [0.15, 0.2) is 9.84 Å². The molecule has 6 rings (SSSR count). The monoisotopic (exact) mass is 527 g/mol. The van der Waals surface area contributed by atoms with Crippen LogP contribution in [0, 0.1) is 0 Å². The fourth-order valence-electron chi connectivity index (χ4n) is 5.08. The molecule has 37 heavy (non-hydrogen) atoms. The number of imidazole rings is 1. The molecule has 1 N–H and O–H groups in total. The van der Waals surface area contributed by atoms with Crippen molar-refractivity contribution in [3.05, 3.63) is 71.9 Å². The van der Waals surface area contributed by atoms with E-state index in [1.165, 1.54) is 6.07 Å². The molecule has 192 valence electrons. The summed E-state index contributed by atoms with van der Waals surface area (Å²) in [5.41, 5.74) is 3.97. The fourth-order valence-corrected chi connectivity index (χ4v) is 6.28. The van der Waals surface area contributed by atoms with E-state index < -0.39 is 22.6 Å². The zero-order chi connectivity index (χ0) is 25.7. The first-order chi connectivity index (χ1) is 17.8. The van der Waals surface area contributed by atoms with Crippen molar-refractivity contribution < 1.29 is 27.0 Å². The number of pyridine rings is 1. The number of aliphatic hydroxyl groups is 1. The second-order valence-electron chi connectivity index (χ2n) is 9.16. The first kappa shape index (κ1) is 23.7. The van der Waals surface area contributed by atoms with Crippen molar-refractivity contribution in [2.24, 2.45) is 0 Å². The number of ether oxygens (including phenoxy) is 1. The Hall–Kier alpha value is -3.64. The molecule has 3 aromatic heterocycles. The normalized spacial score (nSPS) is 20.9. The number of para-hydroxylation sites is 1. The van der Waals surface area contributed by atoms with Crippen LogP contribution in [0.1, 0.15) is 35.4 Å². The first-order valence-electron chi connectivity index (χ1n) is 11.8. The molecule has 1 aliphatic heterocycles. The van der Waals surface area contributed by atoms with Gasteiger partial charge in [-0.15, -0.1) is 0 Å². The highest BCUT2D eigenvalue weighted by Gasteiger charge is 2.37. The summed E-state index contributed by atoms with van der Waals surface area (Å²) in [6.45, 7) is -2.25. The van der Waals surface area contributed by atoms with E-state index in [2.05, 4.69) is 15.0 Å². The van der Waals surface area contributed by atoms with Crippen LogP contribution in [0.2, 0.25) is 0 Å². The number of nitrogens with zero attached hydrogens (tertiary/aromatic N) is 5. The summed E-state index contributed by atoms with van der Waals surface area (Å²) in [5.74, 6) is 0.322. The third-order valence-corrected chi connectivity index (χ3v) is 8.51. The van der Waals surface area contributed by atoms with Crippen molar-refractivity contribution >= 4 is 21.4 Å². The van der Waals surface area contributed by atoms with Crippen LogP contribution in [-0.4, -0.2) is 64.1 Å². The maximum Gasteiger partial charge on any atom is 0.387 e. The van der Waals surface area contributed by atoms with Crippen molar-refractivity contribution in [1.82, 2.24) is 19.4 Å². The maximum atomic E-state index is 13.0. The predicted octanol–water partition coefficient (Wildman–Crippen LogP) is 3.20. The Kier molecular flexibility index (Phi) is 5.80. The number of aromatic nitrogens is 4. The largest absolute Gasteiger partial charge is 0.435 e. The summed E-state index contributed by atoms with van der Waals surface area (Å²) in [4.78, 5) is 15.3. The molecule has 0 spiro atoms. The van der Waals surface area contributed by atoms with Crippen LogP contribution in [0.5, 0.6) is 5.75 Å². The molecule has 9 nitrogen and oxygen atoms in total. The van der Waals surface area contributed by atoms with Crippen molar-refractivity contribution in [1.29, 1.82) is 0 Å². The van der Waals surface area contributed by atoms with Gasteiger partial charge >= 0.3 is 6.61 Å². The number of halogens is 2. The van der Waals surface area contributed by atoms with Gasteiger partial charge in [0.2, 0.25) is 5.95 Å². The Morgan fingerprint density at radius 2 is 1.76 bits per heavy atom. The number of sulfone groups is 1. The van der Waals surface area contributed by atoms with Crippen LogP contribution in [-0.2, 0) is 9.84 Å². The van der Waals surface area contributed by atoms with Crippen LogP contribution in [0.4, 0.5) is 14.7 Å². The lowest BCUT2D eigenvalue weighted by molar-refractivity contribution is -0.0506. The molecule has 0 radical (unpaired) electrons. The highest BCUT2D eigenvalue weighted by molar-refractivity contribution is 7.91. The molecule has 4 aromatic rings. The Bertz CT molecular complexity index is 1560. The van der Waals surface area contributed by atoms with Gasteiger partial charge in [-0.05, 0) is 24.6 Å². The predicted molar refractivity (Wildman–Crippen MR) is 132 cm³/mol. The van der Waals surface area contributed by atoms with E-state index in [1.807, 2.05) is 27.6 Å². The molecule has 2 atom stereocenters. The summed E-state index contributed by atoms with van der Waals surface area (Å²) in [7, 11) is -3.00. The number of hydrogen-bond donors (Lipinski definition) is 1. The van der Waals surface area contributed by atoms with Gasteiger partial charge in [-0.1, -0.05) is 18.2 Å². The average Bonchev–Trinajstić information content (AvgIpc) is 3.41. The number of rotatable bonds is 5. The molecule has 1 aromatic carbocycles. The Morgan fingerprint density at radius 1 is 1.03 bits per heavy atom. The number of aliphatic hydroxyl groups excluding tert-OH is 1. The third kappa shape index (κ3) is 4.40. The van der Waals surface area contributed by atoms with Crippen molar-refractivity contribution in [2.45, 2.75) is 25.1 Å². The number of fused-ring (bicyclic) bond motifs is 3. The number of hydrogen-bond acceptors (Lipinski definition) is 8. The molecular formula is C25H23F2N5O4S. The van der Waals surface area contributed by atoms with Gasteiger partial charge < -0.3 is 19.1 Å². The molecule has 12 heteroatoms.